The van der Waals surface area contributed by atoms with E-state index >= 15 is 0 Å². The number of benzene rings is 1. The number of aliphatic hydroxyl groups excluding tert-OH is 1. The normalized spacial score (nSPS) is 18.4. The molecule has 156 valence electrons. The third-order valence-corrected chi connectivity index (χ3v) is 5.50. The van der Waals surface area contributed by atoms with Gasteiger partial charge in [0.25, 0.3) is 5.91 Å². The first-order valence-corrected chi connectivity index (χ1v) is 10.1. The van der Waals surface area contributed by atoms with Gasteiger partial charge in [-0.15, -0.1) is 11.3 Å². The minimum Gasteiger partial charge on any atom is -0.487 e. The molecule has 3 N–H and O–H groups in total. The van der Waals surface area contributed by atoms with Gasteiger partial charge in [0, 0.05) is 36.7 Å². The SMILES string of the molecule is O=C(Nc1cnccc1OC1CNC(CO)C1)c1csc(-c2c(F)cccc2F)n1. The van der Waals surface area contributed by atoms with Gasteiger partial charge in [0.2, 0.25) is 0 Å². The second kappa shape index (κ2) is 8.82. The number of aliphatic hydroxyl groups is 1. The molecule has 4 rings (SSSR count). The number of aromatic nitrogens is 2. The fourth-order valence-electron chi connectivity index (χ4n) is 3.15. The molecule has 0 aliphatic carbocycles. The van der Waals surface area contributed by atoms with Crippen molar-refractivity contribution < 1.29 is 23.4 Å². The molecule has 3 heterocycles. The molecule has 3 aromatic rings. The number of ether oxygens (including phenoxy) is 1. The number of carbonyl (C=O) groups excluding carboxylic acids is 1. The number of anilines is 1. The Morgan fingerprint density at radius 1 is 1.33 bits per heavy atom. The number of thiazole rings is 1. The predicted molar refractivity (Wildman–Crippen MR) is 108 cm³/mol. The van der Waals surface area contributed by atoms with Gasteiger partial charge in [0.05, 0.1) is 18.4 Å². The summed E-state index contributed by atoms with van der Waals surface area (Å²) in [7, 11) is 0. The van der Waals surface area contributed by atoms with Crippen molar-refractivity contribution in [2.24, 2.45) is 0 Å². The summed E-state index contributed by atoms with van der Waals surface area (Å²) in [6, 6.07) is 5.14. The largest absolute Gasteiger partial charge is 0.487 e. The third-order valence-electron chi connectivity index (χ3n) is 4.64. The highest BCUT2D eigenvalue weighted by Gasteiger charge is 2.26. The van der Waals surface area contributed by atoms with Crippen LogP contribution in [0.2, 0.25) is 0 Å². The number of hydrogen-bond acceptors (Lipinski definition) is 7. The molecular formula is C20H18F2N4O3S. The summed E-state index contributed by atoms with van der Waals surface area (Å²) < 4.78 is 33.9. The van der Waals surface area contributed by atoms with E-state index in [2.05, 4.69) is 20.6 Å². The number of amides is 1. The number of carbonyl (C=O) groups is 1. The Morgan fingerprint density at radius 3 is 2.87 bits per heavy atom. The van der Waals surface area contributed by atoms with Gasteiger partial charge in [-0.25, -0.2) is 13.8 Å². The number of hydrogen-bond donors (Lipinski definition) is 3. The molecule has 1 aliphatic rings. The van der Waals surface area contributed by atoms with Crippen LogP contribution in [-0.4, -0.2) is 46.3 Å². The maximum Gasteiger partial charge on any atom is 0.275 e. The zero-order valence-corrected chi connectivity index (χ0v) is 16.5. The van der Waals surface area contributed by atoms with Gasteiger partial charge in [-0.3, -0.25) is 9.78 Å². The lowest BCUT2D eigenvalue weighted by Gasteiger charge is -2.16. The van der Waals surface area contributed by atoms with Crippen LogP contribution in [0.3, 0.4) is 0 Å². The van der Waals surface area contributed by atoms with Crippen LogP contribution in [0, 0.1) is 11.6 Å². The number of nitrogens with one attached hydrogen (secondary N) is 2. The van der Waals surface area contributed by atoms with E-state index in [1.807, 2.05) is 0 Å². The fourth-order valence-corrected chi connectivity index (χ4v) is 4.00. The van der Waals surface area contributed by atoms with Crippen molar-refractivity contribution in [3.63, 3.8) is 0 Å². The molecule has 0 radical (unpaired) electrons. The van der Waals surface area contributed by atoms with E-state index in [0.717, 1.165) is 23.5 Å². The predicted octanol–water partition coefficient (Wildman–Crippen LogP) is 2.84. The molecule has 7 nitrogen and oxygen atoms in total. The number of pyridine rings is 1. The van der Waals surface area contributed by atoms with Crippen molar-refractivity contribution in [2.75, 3.05) is 18.5 Å². The maximum absolute atomic E-state index is 14.0. The highest BCUT2D eigenvalue weighted by molar-refractivity contribution is 7.13. The lowest BCUT2D eigenvalue weighted by molar-refractivity contribution is 0.102. The highest BCUT2D eigenvalue weighted by atomic mass is 32.1. The average Bonchev–Trinajstić information content (AvgIpc) is 3.39. The van der Waals surface area contributed by atoms with Crippen molar-refractivity contribution in [3.05, 3.63) is 59.4 Å². The molecule has 2 unspecified atom stereocenters. The minimum absolute atomic E-state index is 0.0224. The smallest absolute Gasteiger partial charge is 0.275 e. The quantitative estimate of drug-likeness (QED) is 0.554. The van der Waals surface area contributed by atoms with E-state index < -0.39 is 17.5 Å². The van der Waals surface area contributed by atoms with E-state index in [1.54, 1.807) is 12.3 Å². The van der Waals surface area contributed by atoms with Crippen molar-refractivity contribution in [3.8, 4) is 16.3 Å². The molecule has 1 saturated heterocycles. The van der Waals surface area contributed by atoms with Crippen molar-refractivity contribution in [2.45, 2.75) is 18.6 Å². The summed E-state index contributed by atoms with van der Waals surface area (Å²) in [5, 5.41) is 16.6. The summed E-state index contributed by atoms with van der Waals surface area (Å²) in [6.07, 6.45) is 3.47. The first-order valence-electron chi connectivity index (χ1n) is 9.21. The molecule has 0 spiro atoms. The molecule has 0 bridgehead atoms. The first-order chi connectivity index (χ1) is 14.5. The molecule has 30 heavy (non-hydrogen) atoms. The third kappa shape index (κ3) is 4.30. The van der Waals surface area contributed by atoms with Crippen LogP contribution in [0.1, 0.15) is 16.9 Å². The molecule has 10 heteroatoms. The van der Waals surface area contributed by atoms with E-state index in [-0.39, 0.29) is 35.0 Å². The van der Waals surface area contributed by atoms with Gasteiger partial charge in [0.15, 0.2) is 0 Å². The van der Waals surface area contributed by atoms with Crippen LogP contribution in [0.4, 0.5) is 14.5 Å². The Labute approximate surface area is 174 Å². The summed E-state index contributed by atoms with van der Waals surface area (Å²) >= 11 is 0.972. The summed E-state index contributed by atoms with van der Waals surface area (Å²) in [6.45, 7) is 0.596. The molecule has 1 aromatic carbocycles. The molecule has 1 amide bonds. The number of rotatable bonds is 6. The Kier molecular flexibility index (Phi) is 5.98. The summed E-state index contributed by atoms with van der Waals surface area (Å²) in [5.41, 5.74) is 0.107. The highest BCUT2D eigenvalue weighted by Crippen LogP contribution is 2.30. The van der Waals surface area contributed by atoms with Crippen molar-refractivity contribution in [1.29, 1.82) is 0 Å². The zero-order valence-electron chi connectivity index (χ0n) is 15.6. The van der Waals surface area contributed by atoms with Gasteiger partial charge in [-0.1, -0.05) is 6.07 Å². The first kappa shape index (κ1) is 20.3. The molecule has 2 aromatic heterocycles. The second-order valence-corrected chi connectivity index (χ2v) is 7.58. The van der Waals surface area contributed by atoms with E-state index in [0.29, 0.717) is 24.4 Å². The molecular weight excluding hydrogens is 414 g/mol. The van der Waals surface area contributed by atoms with Gasteiger partial charge in [0.1, 0.15) is 39.9 Å². The summed E-state index contributed by atoms with van der Waals surface area (Å²) in [4.78, 5) is 20.7. The van der Waals surface area contributed by atoms with Gasteiger partial charge in [-0.05, 0) is 12.1 Å². The van der Waals surface area contributed by atoms with Crippen LogP contribution in [-0.2, 0) is 0 Å². The van der Waals surface area contributed by atoms with E-state index in [9.17, 15) is 18.7 Å². The van der Waals surface area contributed by atoms with E-state index in [4.69, 9.17) is 4.74 Å². The number of halogens is 2. The van der Waals surface area contributed by atoms with Gasteiger partial charge in [-0.2, -0.15) is 0 Å². The van der Waals surface area contributed by atoms with Crippen LogP contribution in [0.5, 0.6) is 5.75 Å². The van der Waals surface area contributed by atoms with Crippen LogP contribution in [0.25, 0.3) is 10.6 Å². The second-order valence-electron chi connectivity index (χ2n) is 6.72. The molecule has 0 saturated carbocycles. The van der Waals surface area contributed by atoms with Gasteiger partial charge < -0.3 is 20.5 Å². The van der Waals surface area contributed by atoms with Crippen LogP contribution >= 0.6 is 11.3 Å². The van der Waals surface area contributed by atoms with Crippen molar-refractivity contribution >= 4 is 22.9 Å². The lowest BCUT2D eigenvalue weighted by Crippen LogP contribution is -2.25. The summed E-state index contributed by atoms with van der Waals surface area (Å²) in [5.74, 6) is -1.61. The Morgan fingerprint density at radius 2 is 2.13 bits per heavy atom. The monoisotopic (exact) mass is 432 g/mol. The standard InChI is InChI=1S/C20H18F2N4O3S/c21-13-2-1-3-14(22)18(13)20-26-16(10-30-20)19(28)25-15-8-23-5-4-17(15)29-12-6-11(9-27)24-7-12/h1-5,8,10-12,24,27H,6-7,9H2,(H,25,28). The lowest BCUT2D eigenvalue weighted by atomic mass is 10.2. The van der Waals surface area contributed by atoms with Crippen LogP contribution in [0.15, 0.2) is 42.0 Å². The Hall–Kier alpha value is -2.95. The topological polar surface area (TPSA) is 96.4 Å². The minimum atomic E-state index is -0.745. The van der Waals surface area contributed by atoms with Gasteiger partial charge >= 0.3 is 0 Å². The Balaban J connectivity index is 1.49. The zero-order chi connectivity index (χ0) is 21.1. The van der Waals surface area contributed by atoms with E-state index in [1.165, 1.54) is 17.6 Å². The average molecular weight is 432 g/mol. The van der Waals surface area contributed by atoms with Crippen molar-refractivity contribution in [1.82, 2.24) is 15.3 Å². The maximum atomic E-state index is 14.0. The fraction of sp³-hybridized carbons (Fsp3) is 0.250. The van der Waals surface area contributed by atoms with Crippen LogP contribution < -0.4 is 15.4 Å². The molecule has 1 fully saturated rings. The number of nitrogens with zero attached hydrogens (tertiary/aromatic N) is 2. The Bertz CT molecular complexity index is 1040. The molecule has 2 atom stereocenters. The molecule has 1 aliphatic heterocycles.